The Morgan fingerprint density at radius 1 is 0.930 bits per heavy atom. The van der Waals surface area contributed by atoms with Crippen molar-refractivity contribution < 1.29 is 23.9 Å². The molecule has 0 aliphatic heterocycles. The molecule has 1 N–H and O–H groups in total. The lowest BCUT2D eigenvalue weighted by Gasteiger charge is -2.23. The molecule has 8 heteroatoms. The van der Waals surface area contributed by atoms with Crippen LogP contribution in [0.5, 0.6) is 5.75 Å². The summed E-state index contributed by atoms with van der Waals surface area (Å²) in [5.74, 6) is 0.887. The van der Waals surface area contributed by atoms with Crippen molar-refractivity contribution >= 4 is 34.7 Å². The SMILES string of the molecule is COC(=O)[C@H](Cc1ccc(OCCN(CC2CC2)C(=O)Cc2cccs2)cc1)Nc1ccccc1C(=O)c1ccccc1. The normalized spacial score (nSPS) is 13.1. The molecule has 3 aromatic carbocycles. The van der Waals surface area contributed by atoms with E-state index in [0.717, 1.165) is 17.0 Å². The average molecular weight is 597 g/mol. The molecule has 1 aromatic heterocycles. The number of nitrogens with zero attached hydrogens (tertiary/aromatic N) is 1. The molecule has 0 spiro atoms. The first-order chi connectivity index (χ1) is 21.0. The molecule has 1 aliphatic rings. The molecule has 1 heterocycles. The van der Waals surface area contributed by atoms with E-state index in [4.69, 9.17) is 9.47 Å². The highest BCUT2D eigenvalue weighted by molar-refractivity contribution is 7.10. The van der Waals surface area contributed by atoms with E-state index in [-0.39, 0.29) is 11.7 Å². The average Bonchev–Trinajstić information content (AvgIpc) is 3.72. The van der Waals surface area contributed by atoms with Crippen LogP contribution in [0, 0.1) is 5.92 Å². The fraction of sp³-hybridized carbons (Fsp3) is 0.286. The van der Waals surface area contributed by atoms with Crippen molar-refractivity contribution in [1.82, 2.24) is 4.90 Å². The Labute approximate surface area is 256 Å². The van der Waals surface area contributed by atoms with Crippen molar-refractivity contribution in [1.29, 1.82) is 0 Å². The molecule has 1 aliphatic carbocycles. The van der Waals surface area contributed by atoms with Crippen LogP contribution in [-0.2, 0) is 27.2 Å². The van der Waals surface area contributed by atoms with Crippen LogP contribution < -0.4 is 10.1 Å². The number of ketones is 1. The lowest BCUT2D eigenvalue weighted by atomic mass is 10.00. The number of amides is 1. The van der Waals surface area contributed by atoms with Gasteiger partial charge in [-0.25, -0.2) is 4.79 Å². The third-order valence-electron chi connectivity index (χ3n) is 7.45. The monoisotopic (exact) mass is 596 g/mol. The smallest absolute Gasteiger partial charge is 0.328 e. The molecule has 1 atom stereocenters. The highest BCUT2D eigenvalue weighted by Gasteiger charge is 2.27. The highest BCUT2D eigenvalue weighted by Crippen LogP contribution is 2.30. The Morgan fingerprint density at radius 3 is 2.37 bits per heavy atom. The van der Waals surface area contributed by atoms with Gasteiger partial charge < -0.3 is 19.7 Å². The van der Waals surface area contributed by atoms with Crippen LogP contribution in [0.1, 0.15) is 39.2 Å². The van der Waals surface area contributed by atoms with Crippen LogP contribution in [0.25, 0.3) is 0 Å². The summed E-state index contributed by atoms with van der Waals surface area (Å²) in [4.78, 5) is 41.9. The molecule has 1 saturated carbocycles. The Kier molecular flexibility index (Phi) is 10.2. The number of methoxy groups -OCH3 is 1. The molecule has 43 heavy (non-hydrogen) atoms. The van der Waals surface area contributed by atoms with Crippen molar-refractivity contribution in [3.63, 3.8) is 0 Å². The van der Waals surface area contributed by atoms with Crippen molar-refractivity contribution in [3.05, 3.63) is 118 Å². The quantitative estimate of drug-likeness (QED) is 0.133. The summed E-state index contributed by atoms with van der Waals surface area (Å²) >= 11 is 1.61. The van der Waals surface area contributed by atoms with Gasteiger partial charge in [0.25, 0.3) is 0 Å². The van der Waals surface area contributed by atoms with Crippen LogP contribution in [0.3, 0.4) is 0 Å². The van der Waals surface area contributed by atoms with Gasteiger partial charge in [-0.3, -0.25) is 9.59 Å². The highest BCUT2D eigenvalue weighted by atomic mass is 32.1. The largest absolute Gasteiger partial charge is 0.492 e. The topological polar surface area (TPSA) is 84.9 Å². The van der Waals surface area contributed by atoms with Crippen LogP contribution in [0.15, 0.2) is 96.4 Å². The summed E-state index contributed by atoms with van der Waals surface area (Å²) < 4.78 is 11.1. The zero-order valence-corrected chi connectivity index (χ0v) is 25.1. The molecule has 0 saturated heterocycles. The maximum Gasteiger partial charge on any atom is 0.328 e. The summed E-state index contributed by atoms with van der Waals surface area (Å²) in [6.07, 6.45) is 3.15. The second-order valence-corrected chi connectivity index (χ2v) is 11.7. The Morgan fingerprint density at radius 2 is 1.67 bits per heavy atom. The molecular formula is C35H36N2O5S. The molecule has 5 rings (SSSR count). The summed E-state index contributed by atoms with van der Waals surface area (Å²) in [6, 6.07) is 27.1. The van der Waals surface area contributed by atoms with Crippen molar-refractivity contribution in [3.8, 4) is 5.75 Å². The molecule has 7 nitrogen and oxygen atoms in total. The second-order valence-electron chi connectivity index (χ2n) is 10.7. The predicted molar refractivity (Wildman–Crippen MR) is 169 cm³/mol. The number of hydrogen-bond donors (Lipinski definition) is 1. The summed E-state index contributed by atoms with van der Waals surface area (Å²) in [6.45, 7) is 1.73. The number of rotatable bonds is 15. The van der Waals surface area contributed by atoms with Gasteiger partial charge >= 0.3 is 5.97 Å². The predicted octanol–water partition coefficient (Wildman–Crippen LogP) is 6.04. The van der Waals surface area contributed by atoms with E-state index in [9.17, 15) is 14.4 Å². The zero-order valence-electron chi connectivity index (χ0n) is 24.2. The number of thiophene rings is 1. The van der Waals surface area contributed by atoms with E-state index >= 15 is 0 Å². The number of hydrogen-bond acceptors (Lipinski definition) is 7. The van der Waals surface area contributed by atoms with Crippen LogP contribution >= 0.6 is 11.3 Å². The summed E-state index contributed by atoms with van der Waals surface area (Å²) in [5.41, 5.74) is 2.53. The molecular weight excluding hydrogens is 560 g/mol. The van der Waals surface area contributed by atoms with E-state index in [1.807, 2.05) is 70.9 Å². The van der Waals surface area contributed by atoms with Crippen molar-refractivity contribution in [2.75, 3.05) is 32.1 Å². The first kappa shape index (κ1) is 30.0. The van der Waals surface area contributed by atoms with Crippen molar-refractivity contribution in [2.24, 2.45) is 5.92 Å². The Bertz CT molecular complexity index is 1500. The minimum Gasteiger partial charge on any atom is -0.492 e. The Hall–Kier alpha value is -4.43. The first-order valence-corrected chi connectivity index (χ1v) is 15.4. The minimum absolute atomic E-state index is 0.127. The van der Waals surface area contributed by atoms with Gasteiger partial charge in [0, 0.05) is 34.7 Å². The number of para-hydroxylation sites is 1. The molecule has 222 valence electrons. The standard InChI is InChI=1S/C35H36N2O5S/c1-41-35(40)32(36-31-12-6-5-11-30(31)34(39)27-8-3-2-4-9-27)22-25-15-17-28(18-16-25)42-20-19-37(24-26-13-14-26)33(38)23-29-10-7-21-43-29/h2-12,15-18,21,26,32,36H,13-14,19-20,22-24H2,1H3/t32-/m0/s1. The van der Waals surface area contributed by atoms with Crippen LogP contribution in [-0.4, -0.2) is 55.4 Å². The van der Waals surface area contributed by atoms with E-state index in [1.54, 1.807) is 41.7 Å². The number of carbonyl (C=O) groups is 3. The zero-order chi connectivity index (χ0) is 30.0. The lowest BCUT2D eigenvalue weighted by molar-refractivity contribution is -0.141. The first-order valence-electron chi connectivity index (χ1n) is 14.5. The number of benzene rings is 3. The van der Waals surface area contributed by atoms with E-state index in [2.05, 4.69) is 5.32 Å². The summed E-state index contributed by atoms with van der Waals surface area (Å²) in [5, 5.41) is 5.24. The summed E-state index contributed by atoms with van der Waals surface area (Å²) in [7, 11) is 1.35. The minimum atomic E-state index is -0.702. The van der Waals surface area contributed by atoms with Gasteiger partial charge in [0.05, 0.1) is 20.1 Å². The maximum atomic E-state index is 13.2. The fourth-order valence-electron chi connectivity index (χ4n) is 4.91. The number of nitrogens with one attached hydrogen (secondary N) is 1. The third-order valence-corrected chi connectivity index (χ3v) is 8.33. The van der Waals surface area contributed by atoms with Crippen LogP contribution in [0.2, 0.25) is 0 Å². The van der Waals surface area contributed by atoms with Gasteiger partial charge in [-0.1, -0.05) is 60.7 Å². The van der Waals surface area contributed by atoms with E-state index in [1.165, 1.54) is 20.0 Å². The second kappa shape index (κ2) is 14.6. The number of carbonyl (C=O) groups excluding carboxylic acids is 3. The number of anilines is 1. The Balaban J connectivity index is 1.19. The maximum absolute atomic E-state index is 13.2. The van der Waals surface area contributed by atoms with Gasteiger partial charge in [-0.15, -0.1) is 11.3 Å². The number of ether oxygens (including phenoxy) is 2. The fourth-order valence-corrected chi connectivity index (χ4v) is 5.61. The molecule has 4 aromatic rings. The van der Waals surface area contributed by atoms with E-state index < -0.39 is 12.0 Å². The molecule has 1 fully saturated rings. The van der Waals surface area contributed by atoms with Gasteiger partial charge in [0.2, 0.25) is 5.91 Å². The molecule has 0 radical (unpaired) electrons. The lowest BCUT2D eigenvalue weighted by Crippen LogP contribution is -2.37. The van der Waals surface area contributed by atoms with Gasteiger partial charge in [-0.05, 0) is 60.0 Å². The van der Waals surface area contributed by atoms with Gasteiger partial charge in [-0.2, -0.15) is 0 Å². The molecule has 1 amide bonds. The van der Waals surface area contributed by atoms with Crippen molar-refractivity contribution in [2.45, 2.75) is 31.7 Å². The molecule has 0 unspecified atom stereocenters. The van der Waals surface area contributed by atoms with Gasteiger partial charge in [0.1, 0.15) is 18.4 Å². The molecule has 0 bridgehead atoms. The third kappa shape index (κ3) is 8.55. The number of esters is 1. The van der Waals surface area contributed by atoms with Gasteiger partial charge in [0.15, 0.2) is 5.78 Å². The van der Waals surface area contributed by atoms with E-state index in [0.29, 0.717) is 54.5 Å². The van der Waals surface area contributed by atoms with Crippen LogP contribution in [0.4, 0.5) is 5.69 Å².